The van der Waals surface area contributed by atoms with Gasteiger partial charge in [0.2, 0.25) is 0 Å². The van der Waals surface area contributed by atoms with Crippen molar-refractivity contribution in [1.82, 2.24) is 0 Å². The summed E-state index contributed by atoms with van der Waals surface area (Å²) in [5.41, 5.74) is 16.7. The summed E-state index contributed by atoms with van der Waals surface area (Å²) in [6.07, 6.45) is 9.11. The molecular formula is C51H48Br2Cl2Zr. The molecule has 0 radical (unpaired) electrons. The Labute approximate surface area is 370 Å². The van der Waals surface area contributed by atoms with Gasteiger partial charge in [-0.25, -0.2) is 0 Å². The van der Waals surface area contributed by atoms with Crippen LogP contribution in [-0.4, -0.2) is 3.21 Å². The van der Waals surface area contributed by atoms with Gasteiger partial charge < -0.3 is 0 Å². The first kappa shape index (κ1) is 42.7. The fraction of sp³-hybridized carbons (Fsp3) is 0.196. The first-order chi connectivity index (χ1) is 25.9. The van der Waals surface area contributed by atoms with Crippen molar-refractivity contribution in [1.29, 1.82) is 0 Å². The van der Waals surface area contributed by atoms with Gasteiger partial charge in [0, 0.05) is 0 Å². The fourth-order valence-corrected chi connectivity index (χ4v) is 17.4. The second kappa shape index (κ2) is 17.1. The SMILES string of the molecule is CC(C)(C)c1cc2c(cc1-c1ccccc1)Cc1c-2cc(C(C)(C)C)c(-c2ccccc2)[c]1[Zr]([C]1=CC=CC1)=[C](c1ccc(Br)cc1)c1ccc(Br)cc1.Cl.Cl. The van der Waals surface area contributed by atoms with Crippen LogP contribution >= 0.6 is 56.7 Å². The van der Waals surface area contributed by atoms with Crippen molar-refractivity contribution in [2.45, 2.75) is 65.2 Å². The van der Waals surface area contributed by atoms with Crippen molar-refractivity contribution in [2.24, 2.45) is 0 Å². The molecule has 0 saturated heterocycles. The smallest absolute Gasteiger partial charge is 0.147 e. The Morgan fingerprint density at radius 1 is 0.571 bits per heavy atom. The summed E-state index contributed by atoms with van der Waals surface area (Å²) >= 11 is 4.45. The van der Waals surface area contributed by atoms with Gasteiger partial charge in [-0.2, -0.15) is 0 Å². The van der Waals surface area contributed by atoms with E-state index in [2.05, 4.69) is 219 Å². The normalized spacial score (nSPS) is 13.0. The van der Waals surface area contributed by atoms with Gasteiger partial charge in [0.05, 0.1) is 0 Å². The van der Waals surface area contributed by atoms with Crippen LogP contribution < -0.4 is 3.27 Å². The molecule has 5 heteroatoms. The second-order valence-corrected chi connectivity index (χ2v) is 24.5. The fourth-order valence-electron chi connectivity index (χ4n) is 8.40. The molecule has 56 heavy (non-hydrogen) atoms. The molecule has 0 amide bonds. The summed E-state index contributed by atoms with van der Waals surface area (Å²) in [6.45, 7) is 14.3. The molecule has 0 saturated carbocycles. The maximum Gasteiger partial charge on any atom is -0.147 e. The molecule has 0 fully saturated rings. The van der Waals surface area contributed by atoms with Crippen molar-refractivity contribution in [2.75, 3.05) is 0 Å². The van der Waals surface area contributed by atoms with E-state index in [1.165, 1.54) is 70.0 Å². The maximum absolute atomic E-state index is 3.76. The van der Waals surface area contributed by atoms with Crippen molar-refractivity contribution in [3.05, 3.63) is 191 Å². The van der Waals surface area contributed by atoms with Gasteiger partial charge in [-0.1, -0.05) is 0 Å². The molecule has 0 spiro atoms. The van der Waals surface area contributed by atoms with Crippen molar-refractivity contribution >= 4 is 63.2 Å². The number of allylic oxidation sites excluding steroid dienone is 4. The molecule has 0 bridgehead atoms. The minimum atomic E-state index is -3.07. The van der Waals surface area contributed by atoms with E-state index in [-0.39, 0.29) is 35.6 Å². The third-order valence-electron chi connectivity index (χ3n) is 11.0. The summed E-state index contributed by atoms with van der Waals surface area (Å²) in [4.78, 5) is 0. The Morgan fingerprint density at radius 2 is 1.09 bits per heavy atom. The van der Waals surface area contributed by atoms with Crippen molar-refractivity contribution < 1.29 is 21.3 Å². The van der Waals surface area contributed by atoms with Gasteiger partial charge >= 0.3 is 349 Å². The Bertz CT molecular complexity index is 2430. The van der Waals surface area contributed by atoms with Crippen LogP contribution in [0, 0.1) is 0 Å². The molecule has 0 nitrogen and oxygen atoms in total. The van der Waals surface area contributed by atoms with Crippen molar-refractivity contribution in [3.63, 3.8) is 0 Å². The zero-order valence-electron chi connectivity index (χ0n) is 32.8. The zero-order chi connectivity index (χ0) is 37.8. The van der Waals surface area contributed by atoms with Crippen LogP contribution in [0.25, 0.3) is 33.4 Å². The number of rotatable bonds is 6. The Balaban J connectivity index is 0.00000266. The molecule has 0 heterocycles. The van der Waals surface area contributed by atoms with Crippen LogP contribution in [0.5, 0.6) is 0 Å². The van der Waals surface area contributed by atoms with E-state index in [9.17, 15) is 0 Å². The van der Waals surface area contributed by atoms with Crippen molar-refractivity contribution in [3.8, 4) is 33.4 Å². The maximum atomic E-state index is 3.76. The molecule has 0 aliphatic heterocycles. The van der Waals surface area contributed by atoms with Gasteiger partial charge in [0.15, 0.2) is 0 Å². The molecule has 0 atom stereocenters. The standard InChI is InChI=1S/C33H33.C13H8Br2.C5H5.2ClH.Zr/c1-32(2,3)30-20-26-24(18-28(30)22-13-9-7-10-14-22)17-25-19-29(23-15-11-8-12-16-23)31(21-27(25)26)33(4,5)6;14-12-5-1-10(2-6-12)9-11-3-7-13(15)8-4-11;1-2-4-5-3-1;;;/h7-16,18,20-21H,17H2,1-6H3;1-8H;1-3H,4H2;2*1H;. The zero-order valence-corrected chi connectivity index (χ0v) is 40.1. The Kier molecular flexibility index (Phi) is 13.1. The molecule has 2 aliphatic carbocycles. The number of fused-ring (bicyclic) bond motifs is 3. The van der Waals surface area contributed by atoms with Crippen LogP contribution in [-0.2, 0) is 38.5 Å². The quantitative estimate of drug-likeness (QED) is 0.156. The first-order valence-corrected chi connectivity index (χ1v) is 24.3. The van der Waals surface area contributed by atoms with Crippen LogP contribution in [0.1, 0.15) is 81.3 Å². The molecule has 284 valence electrons. The predicted molar refractivity (Wildman–Crippen MR) is 250 cm³/mol. The van der Waals surface area contributed by atoms with Crippen LogP contribution in [0.15, 0.2) is 158 Å². The summed E-state index contributed by atoms with van der Waals surface area (Å²) < 4.78 is 7.01. The predicted octanol–water partition coefficient (Wildman–Crippen LogP) is 14.9. The van der Waals surface area contributed by atoms with Gasteiger partial charge in [0.25, 0.3) is 0 Å². The van der Waals surface area contributed by atoms with E-state index < -0.39 is 21.3 Å². The van der Waals surface area contributed by atoms with E-state index >= 15 is 0 Å². The van der Waals surface area contributed by atoms with Gasteiger partial charge in [-0.05, 0) is 0 Å². The minimum absolute atomic E-state index is 0. The molecule has 2 aliphatic rings. The van der Waals surface area contributed by atoms with Crippen LogP contribution in [0.2, 0.25) is 0 Å². The monoisotopic (exact) mass is 978 g/mol. The van der Waals surface area contributed by atoms with Gasteiger partial charge in [-0.3, -0.25) is 0 Å². The molecule has 0 unspecified atom stereocenters. The Hall–Kier alpha value is -2.91. The summed E-state index contributed by atoms with van der Waals surface area (Å²) in [5, 5.41) is 0. The molecule has 6 aromatic rings. The van der Waals surface area contributed by atoms with Crippen LogP contribution in [0.3, 0.4) is 0 Å². The van der Waals surface area contributed by atoms with E-state index in [1.54, 1.807) is 6.55 Å². The third-order valence-corrected chi connectivity index (χ3v) is 19.7. The molecule has 0 aromatic heterocycles. The average Bonchev–Trinajstić information content (AvgIpc) is 3.82. The molecular weight excluding hydrogens is 934 g/mol. The summed E-state index contributed by atoms with van der Waals surface area (Å²) in [6, 6.07) is 48.3. The van der Waals surface area contributed by atoms with E-state index in [4.69, 9.17) is 0 Å². The molecule has 8 rings (SSSR count). The number of benzene rings is 6. The number of halogens is 4. The molecule has 6 aromatic carbocycles. The number of hydrogen-bond donors (Lipinski definition) is 0. The third kappa shape index (κ3) is 8.33. The van der Waals surface area contributed by atoms with E-state index in [1.807, 2.05) is 0 Å². The topological polar surface area (TPSA) is 0 Å². The van der Waals surface area contributed by atoms with Gasteiger partial charge in [-0.15, -0.1) is 24.8 Å². The Morgan fingerprint density at radius 3 is 1.59 bits per heavy atom. The number of hydrogen-bond acceptors (Lipinski definition) is 0. The largest absolute Gasteiger partial charge is 0.147 e. The van der Waals surface area contributed by atoms with E-state index in [0.717, 1.165) is 21.8 Å². The first-order valence-electron chi connectivity index (χ1n) is 19.0. The second-order valence-electron chi connectivity index (χ2n) is 16.8. The van der Waals surface area contributed by atoms with Gasteiger partial charge in [0.1, 0.15) is 0 Å². The average molecular weight is 983 g/mol. The van der Waals surface area contributed by atoms with Crippen LogP contribution in [0.4, 0.5) is 0 Å². The summed E-state index contributed by atoms with van der Waals surface area (Å²) in [5.74, 6) is 0. The molecule has 0 N–H and O–H groups in total. The summed E-state index contributed by atoms with van der Waals surface area (Å²) in [7, 11) is 0. The minimum Gasteiger partial charge on any atom is -0.147 e. The van der Waals surface area contributed by atoms with E-state index in [0.29, 0.717) is 0 Å².